The Morgan fingerprint density at radius 3 is 2.55 bits per heavy atom. The number of esters is 1. The van der Waals surface area contributed by atoms with Gasteiger partial charge >= 0.3 is 11.9 Å². The molecule has 0 N–H and O–H groups in total. The highest BCUT2D eigenvalue weighted by molar-refractivity contribution is 14.1. The van der Waals surface area contributed by atoms with Crippen LogP contribution >= 0.6 is 22.6 Å². The molecule has 2 atom stereocenters. The fraction of sp³-hybridized carbons (Fsp3) is 0.625. The summed E-state index contributed by atoms with van der Waals surface area (Å²) in [7, 11) is -3.90. The van der Waals surface area contributed by atoms with Crippen LogP contribution in [0.2, 0.25) is 0 Å². The van der Waals surface area contributed by atoms with E-state index < -0.39 is 39.7 Å². The van der Waals surface area contributed by atoms with Crippen LogP contribution in [0.25, 0.3) is 0 Å². The first-order valence-corrected chi connectivity index (χ1v) is 14.2. The number of halogens is 3. The quantitative estimate of drug-likeness (QED) is 0.161. The summed E-state index contributed by atoms with van der Waals surface area (Å²) in [5.41, 5.74) is -0.0283. The van der Waals surface area contributed by atoms with Crippen molar-refractivity contribution in [2.45, 2.75) is 63.7 Å². The van der Waals surface area contributed by atoms with E-state index in [1.807, 2.05) is 13.8 Å². The first-order valence-electron chi connectivity index (χ1n) is 11.2. The maximum atomic E-state index is 14.8. The van der Waals surface area contributed by atoms with E-state index >= 15 is 0 Å². The average molecular weight is 595 g/mol. The number of nitrogens with zero attached hydrogens (tertiary/aromatic N) is 1. The molecule has 0 aromatic heterocycles. The van der Waals surface area contributed by atoms with Crippen LogP contribution in [0.15, 0.2) is 29.2 Å². The summed E-state index contributed by atoms with van der Waals surface area (Å²) in [5, 5.41) is 0. The van der Waals surface area contributed by atoms with E-state index in [-0.39, 0.29) is 24.6 Å². The summed E-state index contributed by atoms with van der Waals surface area (Å²) < 4.78 is 63.0. The fourth-order valence-electron chi connectivity index (χ4n) is 4.13. The maximum Gasteiger partial charge on any atom is 0.376 e. The molecule has 2 rings (SSSR count). The van der Waals surface area contributed by atoms with Crippen LogP contribution in [0.1, 0.15) is 51.5 Å². The summed E-state index contributed by atoms with van der Waals surface area (Å²) in [5.74, 6) is 0.176. The predicted octanol–water partition coefficient (Wildman–Crippen LogP) is 5.21. The molecule has 1 aromatic carbocycles. The van der Waals surface area contributed by atoms with E-state index in [1.165, 1.54) is 23.4 Å². The van der Waals surface area contributed by atoms with E-state index in [1.54, 1.807) is 12.1 Å². The molecular formula is C24H32F2INO4S. The Bertz CT molecular complexity index is 972. The van der Waals surface area contributed by atoms with Crippen LogP contribution in [0.3, 0.4) is 0 Å². The molecule has 0 bridgehead atoms. The lowest BCUT2D eigenvalue weighted by molar-refractivity contribution is -0.174. The first-order chi connectivity index (χ1) is 15.5. The zero-order chi connectivity index (χ0) is 24.7. The van der Waals surface area contributed by atoms with Crippen molar-refractivity contribution in [3.8, 4) is 11.8 Å². The third-order valence-electron chi connectivity index (χ3n) is 5.93. The SMILES string of the molecule is CCCCC1(C#CCCI)CN(S(=O)(=O)c2ccc(C)cc2)CC1CC(F)(F)C(=O)OCC. The number of ether oxygens (including phenoxy) is 1. The highest BCUT2D eigenvalue weighted by Gasteiger charge is 2.54. The van der Waals surface area contributed by atoms with Crippen LogP contribution in [0.4, 0.5) is 8.78 Å². The minimum absolute atomic E-state index is 0.0288. The molecule has 1 heterocycles. The van der Waals surface area contributed by atoms with Crippen molar-refractivity contribution >= 4 is 38.6 Å². The molecular weight excluding hydrogens is 563 g/mol. The topological polar surface area (TPSA) is 63.7 Å². The molecule has 9 heteroatoms. The van der Waals surface area contributed by atoms with Gasteiger partial charge in [0, 0.05) is 35.8 Å². The lowest BCUT2D eigenvalue weighted by atomic mass is 9.72. The molecule has 1 fully saturated rings. The molecule has 1 aliphatic heterocycles. The standard InChI is InChI=1S/C24H32F2INO4S/c1-4-6-13-23(14-7-8-15-27)18-28(33(30,31)21-11-9-19(3)10-12-21)17-20(23)16-24(25,26)22(29)32-5-2/h9-12,20H,4-6,8,13,15-18H2,1-3H3. The van der Waals surface area contributed by atoms with Crippen molar-refractivity contribution in [2.24, 2.45) is 11.3 Å². The summed E-state index contributed by atoms with van der Waals surface area (Å²) in [6, 6.07) is 6.47. The van der Waals surface area contributed by atoms with Gasteiger partial charge in [-0.15, -0.1) is 5.92 Å². The second-order valence-corrected chi connectivity index (χ2v) is 11.5. The average Bonchev–Trinajstić information content (AvgIpc) is 3.11. The molecule has 5 nitrogen and oxygen atoms in total. The van der Waals surface area contributed by atoms with E-state index in [0.717, 1.165) is 22.8 Å². The second-order valence-electron chi connectivity index (χ2n) is 8.44. The highest BCUT2D eigenvalue weighted by Crippen LogP contribution is 2.47. The van der Waals surface area contributed by atoms with Gasteiger partial charge in [0.25, 0.3) is 0 Å². The van der Waals surface area contributed by atoms with Gasteiger partial charge in [0.2, 0.25) is 10.0 Å². The Morgan fingerprint density at radius 2 is 1.97 bits per heavy atom. The van der Waals surface area contributed by atoms with Crippen LogP contribution in [-0.2, 0) is 19.6 Å². The summed E-state index contributed by atoms with van der Waals surface area (Å²) >= 11 is 2.19. The zero-order valence-corrected chi connectivity index (χ0v) is 22.3. The number of unbranched alkanes of at least 4 members (excludes halogenated alkanes) is 1. The number of aryl methyl sites for hydroxylation is 1. The number of benzene rings is 1. The van der Waals surface area contributed by atoms with Crippen molar-refractivity contribution in [3.05, 3.63) is 29.8 Å². The number of carbonyl (C=O) groups excluding carboxylic acids is 1. The number of sulfonamides is 1. The van der Waals surface area contributed by atoms with Crippen LogP contribution in [-0.4, -0.2) is 48.7 Å². The molecule has 1 aromatic rings. The van der Waals surface area contributed by atoms with Crippen LogP contribution in [0.5, 0.6) is 0 Å². The number of hydrogen-bond acceptors (Lipinski definition) is 4. The van der Waals surface area contributed by atoms with Gasteiger partial charge in [0.05, 0.1) is 11.5 Å². The summed E-state index contributed by atoms with van der Waals surface area (Å²) in [6.45, 7) is 5.08. The van der Waals surface area contributed by atoms with Gasteiger partial charge in [-0.3, -0.25) is 0 Å². The molecule has 0 saturated carbocycles. The highest BCUT2D eigenvalue weighted by atomic mass is 127. The number of hydrogen-bond donors (Lipinski definition) is 0. The largest absolute Gasteiger partial charge is 0.462 e. The van der Waals surface area contributed by atoms with E-state index in [0.29, 0.717) is 12.8 Å². The van der Waals surface area contributed by atoms with E-state index in [2.05, 4.69) is 39.2 Å². The number of carbonyl (C=O) groups is 1. The smallest absolute Gasteiger partial charge is 0.376 e. The van der Waals surface area contributed by atoms with Crippen molar-refractivity contribution < 1.29 is 26.7 Å². The lowest BCUT2D eigenvalue weighted by Gasteiger charge is -2.31. The molecule has 0 amide bonds. The Kier molecular flexibility index (Phi) is 10.1. The Balaban J connectivity index is 2.48. The third-order valence-corrected chi connectivity index (χ3v) is 8.30. The van der Waals surface area contributed by atoms with Crippen molar-refractivity contribution in [1.82, 2.24) is 4.31 Å². The van der Waals surface area contributed by atoms with Crippen molar-refractivity contribution in [2.75, 3.05) is 24.1 Å². The van der Waals surface area contributed by atoms with Crippen molar-refractivity contribution in [1.29, 1.82) is 0 Å². The Hall–Kier alpha value is -1.25. The molecule has 0 radical (unpaired) electrons. The van der Waals surface area contributed by atoms with Crippen molar-refractivity contribution in [3.63, 3.8) is 0 Å². The normalized spacial score (nSPS) is 21.5. The van der Waals surface area contributed by atoms with Crippen LogP contribution < -0.4 is 0 Å². The van der Waals surface area contributed by atoms with Gasteiger partial charge in [-0.1, -0.05) is 66.0 Å². The zero-order valence-electron chi connectivity index (χ0n) is 19.4. The molecule has 2 unspecified atom stereocenters. The van der Waals surface area contributed by atoms with Gasteiger partial charge < -0.3 is 4.74 Å². The molecule has 0 spiro atoms. The Morgan fingerprint density at radius 1 is 1.30 bits per heavy atom. The molecule has 1 saturated heterocycles. The molecule has 33 heavy (non-hydrogen) atoms. The maximum absolute atomic E-state index is 14.8. The van der Waals surface area contributed by atoms with Gasteiger partial charge in [0.1, 0.15) is 0 Å². The summed E-state index contributed by atoms with van der Waals surface area (Å²) in [4.78, 5) is 12.0. The van der Waals surface area contributed by atoms with Gasteiger partial charge in [-0.25, -0.2) is 13.2 Å². The van der Waals surface area contributed by atoms with Gasteiger partial charge in [-0.2, -0.15) is 13.1 Å². The predicted molar refractivity (Wildman–Crippen MR) is 133 cm³/mol. The molecule has 1 aliphatic rings. The van der Waals surface area contributed by atoms with E-state index in [9.17, 15) is 22.0 Å². The molecule has 184 valence electrons. The monoisotopic (exact) mass is 595 g/mol. The molecule has 0 aliphatic carbocycles. The number of alkyl halides is 3. The Labute approximate surface area is 209 Å². The van der Waals surface area contributed by atoms with E-state index in [4.69, 9.17) is 0 Å². The lowest BCUT2D eigenvalue weighted by Crippen LogP contribution is -2.38. The number of rotatable bonds is 10. The minimum atomic E-state index is -3.90. The summed E-state index contributed by atoms with van der Waals surface area (Å²) in [6.07, 6.45) is 1.82. The van der Waals surface area contributed by atoms with Gasteiger partial charge in [0.15, 0.2) is 0 Å². The minimum Gasteiger partial charge on any atom is -0.462 e. The second kappa shape index (κ2) is 11.9. The first kappa shape index (κ1) is 28.0. The fourth-order valence-corrected chi connectivity index (χ4v) is 5.95. The third kappa shape index (κ3) is 6.89. The van der Waals surface area contributed by atoms with Crippen LogP contribution in [0, 0.1) is 30.1 Å². The van der Waals surface area contributed by atoms with Gasteiger partial charge in [-0.05, 0) is 38.3 Å².